The lowest BCUT2D eigenvalue weighted by molar-refractivity contribution is -0.155. The first-order valence-corrected chi connectivity index (χ1v) is 19.3. The second-order valence-electron chi connectivity index (χ2n) is 12.7. The largest absolute Gasteiger partial charge is 0.467 e. The molecule has 0 heterocycles. The average molecular weight is 766 g/mol. The Bertz CT molecular complexity index is 1100. The van der Waals surface area contributed by atoms with Gasteiger partial charge in [-0.2, -0.15) is 0 Å². The molecule has 0 aromatic heterocycles. The monoisotopic (exact) mass is 765 g/mol. The number of hydrogen-bond acceptors (Lipinski definition) is 8. The molecule has 3 amide bonds. The van der Waals surface area contributed by atoms with Crippen molar-refractivity contribution in [3.63, 3.8) is 0 Å². The van der Waals surface area contributed by atoms with E-state index in [4.69, 9.17) is 14.2 Å². The van der Waals surface area contributed by atoms with Crippen LogP contribution in [-0.2, 0) is 39.8 Å². The highest BCUT2D eigenvalue weighted by Gasteiger charge is 2.29. The van der Waals surface area contributed by atoms with Gasteiger partial charge < -0.3 is 30.2 Å². The Morgan fingerprint density at radius 3 is 2.16 bits per heavy atom. The van der Waals surface area contributed by atoms with Gasteiger partial charge >= 0.3 is 18.0 Å². The van der Waals surface area contributed by atoms with E-state index in [1.165, 1.54) is 16.2 Å². The summed E-state index contributed by atoms with van der Waals surface area (Å²) < 4.78 is 16.7. The SMILES string of the molecule is COC(=O)[C@H](CCCCNC(=O)CCCc1ccc(I)cc1)NC(=O)[C@H](CCC(=O)OC(C)(C)C)NC(=O)OCCS(C)(C)C. The van der Waals surface area contributed by atoms with Gasteiger partial charge in [-0.3, -0.25) is 14.4 Å². The molecule has 0 aliphatic carbocycles. The van der Waals surface area contributed by atoms with Gasteiger partial charge in [-0.15, -0.1) is 0 Å². The lowest BCUT2D eigenvalue weighted by Crippen LogP contribution is -2.52. The molecular formula is C32H52IN3O8S. The van der Waals surface area contributed by atoms with Gasteiger partial charge in [0.1, 0.15) is 24.3 Å². The zero-order chi connectivity index (χ0) is 34.0. The van der Waals surface area contributed by atoms with E-state index in [1.807, 2.05) is 12.1 Å². The average Bonchev–Trinajstić information content (AvgIpc) is 2.93. The topological polar surface area (TPSA) is 149 Å². The molecule has 0 fully saturated rings. The molecule has 0 saturated heterocycles. The van der Waals surface area contributed by atoms with Gasteiger partial charge in [-0.05, 0) is 118 Å². The Labute approximate surface area is 283 Å². The van der Waals surface area contributed by atoms with Gasteiger partial charge in [0.2, 0.25) is 11.8 Å². The second kappa shape index (κ2) is 20.5. The number of hydrogen-bond donors (Lipinski definition) is 3. The van der Waals surface area contributed by atoms with Crippen LogP contribution in [0.25, 0.3) is 0 Å². The van der Waals surface area contributed by atoms with E-state index in [0.717, 1.165) is 12.8 Å². The predicted molar refractivity (Wildman–Crippen MR) is 186 cm³/mol. The van der Waals surface area contributed by atoms with Crippen molar-refractivity contribution in [3.8, 4) is 0 Å². The molecule has 1 aromatic rings. The molecule has 3 N–H and O–H groups in total. The van der Waals surface area contributed by atoms with E-state index in [0.29, 0.717) is 31.6 Å². The Morgan fingerprint density at radius 1 is 0.889 bits per heavy atom. The van der Waals surface area contributed by atoms with Crippen molar-refractivity contribution >= 4 is 62.5 Å². The van der Waals surface area contributed by atoms with E-state index >= 15 is 0 Å². The fourth-order valence-electron chi connectivity index (χ4n) is 4.05. The maximum Gasteiger partial charge on any atom is 0.407 e. The quantitative estimate of drug-likeness (QED) is 0.0810. The summed E-state index contributed by atoms with van der Waals surface area (Å²) in [6.07, 6.45) is 8.70. The van der Waals surface area contributed by atoms with Crippen molar-refractivity contribution in [2.75, 3.05) is 44.8 Å². The summed E-state index contributed by atoms with van der Waals surface area (Å²) in [5, 5.41) is 8.08. The number of unbranched alkanes of at least 4 members (excludes halogenated alkanes) is 1. The summed E-state index contributed by atoms with van der Waals surface area (Å²) >= 11 is 2.26. The number of esters is 2. The van der Waals surface area contributed by atoms with Crippen molar-refractivity contribution in [1.82, 2.24) is 16.0 Å². The molecule has 256 valence electrons. The molecule has 2 atom stereocenters. The molecule has 13 heteroatoms. The molecule has 0 unspecified atom stereocenters. The molecule has 0 aliphatic heterocycles. The Morgan fingerprint density at radius 2 is 1.56 bits per heavy atom. The van der Waals surface area contributed by atoms with Crippen LogP contribution < -0.4 is 16.0 Å². The third kappa shape index (κ3) is 20.2. The number of methoxy groups -OCH3 is 1. The van der Waals surface area contributed by atoms with Crippen molar-refractivity contribution in [2.45, 2.75) is 89.8 Å². The van der Waals surface area contributed by atoms with E-state index in [9.17, 15) is 24.0 Å². The summed E-state index contributed by atoms with van der Waals surface area (Å²) in [7, 11) is 0.341. The summed E-state index contributed by atoms with van der Waals surface area (Å²) in [4.78, 5) is 62.8. The summed E-state index contributed by atoms with van der Waals surface area (Å²) in [6, 6.07) is 6.11. The van der Waals surface area contributed by atoms with Crippen LogP contribution in [0.1, 0.15) is 71.3 Å². The predicted octanol–water partition coefficient (Wildman–Crippen LogP) is 4.47. The molecule has 1 aromatic carbocycles. The summed E-state index contributed by atoms with van der Waals surface area (Å²) in [6.45, 7) is 5.84. The van der Waals surface area contributed by atoms with Gasteiger partial charge in [0.05, 0.1) is 7.11 Å². The van der Waals surface area contributed by atoms with Crippen molar-refractivity contribution in [1.29, 1.82) is 0 Å². The number of rotatable bonds is 19. The molecular weight excluding hydrogens is 713 g/mol. The van der Waals surface area contributed by atoms with Crippen molar-refractivity contribution < 1.29 is 38.2 Å². The Kier molecular flexibility index (Phi) is 18.5. The highest BCUT2D eigenvalue weighted by atomic mass is 127. The van der Waals surface area contributed by atoms with Crippen LogP contribution in [0, 0.1) is 3.57 Å². The zero-order valence-corrected chi connectivity index (χ0v) is 30.8. The molecule has 0 aliphatic rings. The number of nitrogens with one attached hydrogen (secondary N) is 3. The van der Waals surface area contributed by atoms with Crippen LogP contribution in [0.5, 0.6) is 0 Å². The van der Waals surface area contributed by atoms with Crippen LogP contribution in [0.3, 0.4) is 0 Å². The number of benzene rings is 1. The van der Waals surface area contributed by atoms with E-state index < -0.39 is 51.7 Å². The number of carbonyl (C=O) groups excluding carboxylic acids is 5. The molecule has 1 rings (SSSR count). The normalized spacial score (nSPS) is 13.2. The molecule has 0 bridgehead atoms. The maximum atomic E-state index is 13.2. The van der Waals surface area contributed by atoms with E-state index in [2.05, 4.69) is 69.4 Å². The molecule has 0 spiro atoms. The summed E-state index contributed by atoms with van der Waals surface area (Å²) in [5.41, 5.74) is 0.493. The van der Waals surface area contributed by atoms with E-state index in [1.54, 1.807) is 20.8 Å². The Hall–Kier alpha value is -2.55. The minimum atomic E-state index is -1.14. The molecule has 0 saturated carbocycles. The van der Waals surface area contributed by atoms with Crippen LogP contribution in [0.2, 0.25) is 0 Å². The van der Waals surface area contributed by atoms with Crippen LogP contribution in [-0.4, -0.2) is 92.3 Å². The zero-order valence-electron chi connectivity index (χ0n) is 27.8. The van der Waals surface area contributed by atoms with Gasteiger partial charge in [-0.25, -0.2) is 19.6 Å². The number of carbonyl (C=O) groups is 5. The van der Waals surface area contributed by atoms with Crippen molar-refractivity contribution in [2.24, 2.45) is 0 Å². The minimum absolute atomic E-state index is 0.0342. The standard InChI is InChI=1S/C32H52IN3O8S/c1-32(2,3)44-28(38)19-18-25(36-31(41)43-21-22-45(5,6)7)29(39)35-26(30(40)42-4)12-8-9-20-34-27(37)13-10-11-23-14-16-24(33)17-15-23/h14-17,25-26H,8-13,18-22H2,1-7H3,(H,34,37)(H,35,39)(H,36,41)/t25-,26-/m0/s1. The minimum Gasteiger partial charge on any atom is -0.467 e. The fraction of sp³-hybridized carbons (Fsp3) is 0.656. The highest BCUT2D eigenvalue weighted by molar-refractivity contribution is 14.1. The smallest absolute Gasteiger partial charge is 0.407 e. The number of amides is 3. The first-order chi connectivity index (χ1) is 21.0. The fourth-order valence-corrected chi connectivity index (χ4v) is 4.99. The first kappa shape index (κ1) is 40.5. The Balaban J connectivity index is 2.64. The third-order valence-electron chi connectivity index (χ3n) is 6.42. The maximum absolute atomic E-state index is 13.2. The lowest BCUT2D eigenvalue weighted by Gasteiger charge is -2.25. The van der Waals surface area contributed by atoms with Gasteiger partial charge in [0, 0.05) is 28.7 Å². The van der Waals surface area contributed by atoms with Crippen LogP contribution in [0.15, 0.2) is 24.3 Å². The van der Waals surface area contributed by atoms with Gasteiger partial charge in [-0.1, -0.05) is 12.1 Å². The molecule has 45 heavy (non-hydrogen) atoms. The van der Waals surface area contributed by atoms with Crippen LogP contribution >= 0.6 is 32.6 Å². The number of halogens is 1. The molecule has 11 nitrogen and oxygen atoms in total. The first-order valence-electron chi connectivity index (χ1n) is 15.2. The number of ether oxygens (including phenoxy) is 3. The summed E-state index contributed by atoms with van der Waals surface area (Å²) in [5.74, 6) is -1.13. The lowest BCUT2D eigenvalue weighted by atomic mass is 10.1. The van der Waals surface area contributed by atoms with E-state index in [-0.39, 0.29) is 31.8 Å². The van der Waals surface area contributed by atoms with Gasteiger partial charge in [0.25, 0.3) is 0 Å². The van der Waals surface area contributed by atoms with Crippen molar-refractivity contribution in [3.05, 3.63) is 33.4 Å². The number of alkyl carbamates (subject to hydrolysis) is 1. The number of aryl methyl sites for hydroxylation is 1. The third-order valence-corrected chi connectivity index (χ3v) is 8.53. The second-order valence-corrected chi connectivity index (χ2v) is 18.5. The van der Waals surface area contributed by atoms with Crippen LogP contribution in [0.4, 0.5) is 4.79 Å². The molecule has 0 radical (unpaired) electrons. The highest BCUT2D eigenvalue weighted by Crippen LogP contribution is 2.33. The van der Waals surface area contributed by atoms with Gasteiger partial charge in [0.15, 0.2) is 0 Å².